The Morgan fingerprint density at radius 2 is 2.00 bits per heavy atom. The molecule has 2 aliphatic rings. The molecule has 0 saturated carbocycles. The molecule has 0 radical (unpaired) electrons. The lowest BCUT2D eigenvalue weighted by Gasteiger charge is -2.39. The van der Waals surface area contributed by atoms with Gasteiger partial charge in [-0.1, -0.05) is 47.5 Å². The summed E-state index contributed by atoms with van der Waals surface area (Å²) in [5.41, 5.74) is 4.81. The molecule has 1 heterocycles. The van der Waals surface area contributed by atoms with E-state index in [1.165, 1.54) is 11.1 Å². The highest BCUT2D eigenvalue weighted by molar-refractivity contribution is 6.35. The van der Waals surface area contributed by atoms with Gasteiger partial charge in [0.05, 0.1) is 18.8 Å². The Morgan fingerprint density at radius 3 is 2.75 bits per heavy atom. The van der Waals surface area contributed by atoms with Crippen LogP contribution >= 0.6 is 23.2 Å². The van der Waals surface area contributed by atoms with Gasteiger partial charge < -0.3 is 10.1 Å². The van der Waals surface area contributed by atoms with Crippen molar-refractivity contribution in [3.8, 4) is 5.75 Å². The molecule has 2 aromatic carbocycles. The van der Waals surface area contributed by atoms with Crippen LogP contribution in [0.1, 0.15) is 35.1 Å². The van der Waals surface area contributed by atoms with Gasteiger partial charge in [0, 0.05) is 16.0 Å². The van der Waals surface area contributed by atoms with Gasteiger partial charge >= 0.3 is 0 Å². The van der Waals surface area contributed by atoms with E-state index in [0.29, 0.717) is 21.9 Å². The second-order valence-electron chi connectivity index (χ2n) is 6.51. The van der Waals surface area contributed by atoms with Gasteiger partial charge in [-0.05, 0) is 54.2 Å². The second kappa shape index (κ2) is 6.02. The highest BCUT2D eigenvalue weighted by Crippen LogP contribution is 2.54. The average molecular weight is 360 g/mol. The molecule has 124 valence electrons. The number of nitrogens with one attached hydrogen (secondary N) is 1. The Morgan fingerprint density at radius 1 is 1.17 bits per heavy atom. The van der Waals surface area contributed by atoms with Crippen LogP contribution in [0.15, 0.2) is 42.5 Å². The van der Waals surface area contributed by atoms with Gasteiger partial charge in [-0.25, -0.2) is 0 Å². The first-order valence-electron chi connectivity index (χ1n) is 8.15. The number of aryl methyl sites for hydroxylation is 1. The Kier molecular flexibility index (Phi) is 3.98. The summed E-state index contributed by atoms with van der Waals surface area (Å²) in [4.78, 5) is 0. The number of allylic oxidation sites excluding steroid dienone is 2. The third-order valence-corrected chi connectivity index (χ3v) is 5.78. The molecule has 24 heavy (non-hydrogen) atoms. The van der Waals surface area contributed by atoms with Crippen LogP contribution in [0.4, 0.5) is 5.69 Å². The Bertz CT molecular complexity index is 831. The fourth-order valence-corrected chi connectivity index (χ4v) is 4.63. The maximum atomic E-state index is 6.51. The third kappa shape index (κ3) is 2.40. The zero-order chi connectivity index (χ0) is 16.8. The van der Waals surface area contributed by atoms with Crippen molar-refractivity contribution in [1.29, 1.82) is 0 Å². The molecule has 3 atom stereocenters. The molecule has 0 bridgehead atoms. The first kappa shape index (κ1) is 15.9. The Balaban J connectivity index is 1.87. The molecular formula is C20H19Cl2NO. The molecule has 0 fully saturated rings. The number of benzene rings is 2. The van der Waals surface area contributed by atoms with E-state index in [1.807, 2.05) is 24.3 Å². The van der Waals surface area contributed by atoms with Crippen molar-refractivity contribution in [3.63, 3.8) is 0 Å². The Labute approximate surface area is 152 Å². The quantitative estimate of drug-likeness (QED) is 0.650. The highest BCUT2D eigenvalue weighted by atomic mass is 35.5. The maximum Gasteiger partial charge on any atom is 0.142 e. The number of hydrogen-bond acceptors (Lipinski definition) is 2. The fraction of sp³-hybridized carbons (Fsp3) is 0.300. The van der Waals surface area contributed by atoms with Gasteiger partial charge in [-0.15, -0.1) is 0 Å². The first-order chi connectivity index (χ1) is 11.6. The molecule has 1 aliphatic heterocycles. The Hall–Kier alpha value is -1.64. The highest BCUT2D eigenvalue weighted by Gasteiger charge is 2.40. The molecule has 4 rings (SSSR count). The molecule has 2 nitrogen and oxygen atoms in total. The SMILES string of the molecule is COc1ccc(C)c2c1N[C@@H](c1ccc(Cl)cc1Cl)[C@H]1CC=C[C@H]21. The van der Waals surface area contributed by atoms with Crippen LogP contribution in [0.25, 0.3) is 0 Å². The van der Waals surface area contributed by atoms with Crippen molar-refractivity contribution in [2.75, 3.05) is 12.4 Å². The summed E-state index contributed by atoms with van der Waals surface area (Å²) in [5, 5.41) is 5.08. The van der Waals surface area contributed by atoms with Crippen LogP contribution < -0.4 is 10.1 Å². The molecule has 0 saturated heterocycles. The molecule has 1 aliphatic carbocycles. The second-order valence-corrected chi connectivity index (χ2v) is 7.36. The number of hydrogen-bond donors (Lipinski definition) is 1. The van der Waals surface area contributed by atoms with Gasteiger partial charge in [0.15, 0.2) is 0 Å². The van der Waals surface area contributed by atoms with Crippen molar-refractivity contribution in [3.05, 3.63) is 69.2 Å². The van der Waals surface area contributed by atoms with Gasteiger partial charge in [0.1, 0.15) is 5.75 Å². The first-order valence-corrected chi connectivity index (χ1v) is 8.91. The summed E-state index contributed by atoms with van der Waals surface area (Å²) < 4.78 is 5.61. The van der Waals surface area contributed by atoms with Crippen LogP contribution in [-0.2, 0) is 0 Å². The number of halogens is 2. The van der Waals surface area contributed by atoms with Crippen LogP contribution in [0, 0.1) is 12.8 Å². The maximum absolute atomic E-state index is 6.51. The van der Waals surface area contributed by atoms with Crippen LogP contribution in [0.3, 0.4) is 0 Å². The number of ether oxygens (including phenoxy) is 1. The number of fused-ring (bicyclic) bond motifs is 3. The predicted molar refractivity (Wildman–Crippen MR) is 101 cm³/mol. The van der Waals surface area contributed by atoms with Crippen molar-refractivity contribution in [2.45, 2.75) is 25.3 Å². The van der Waals surface area contributed by atoms with E-state index in [9.17, 15) is 0 Å². The van der Waals surface area contributed by atoms with E-state index in [1.54, 1.807) is 7.11 Å². The van der Waals surface area contributed by atoms with E-state index in [2.05, 4.69) is 30.5 Å². The van der Waals surface area contributed by atoms with E-state index in [4.69, 9.17) is 27.9 Å². The molecule has 0 unspecified atom stereocenters. The topological polar surface area (TPSA) is 21.3 Å². The lowest BCUT2D eigenvalue weighted by Crippen LogP contribution is -2.30. The van der Waals surface area contributed by atoms with Crippen LogP contribution in [0.2, 0.25) is 10.0 Å². The van der Waals surface area contributed by atoms with E-state index >= 15 is 0 Å². The summed E-state index contributed by atoms with van der Waals surface area (Å²) in [6.45, 7) is 2.17. The molecule has 2 aromatic rings. The molecule has 0 aromatic heterocycles. The lowest BCUT2D eigenvalue weighted by molar-refractivity contribution is 0.396. The minimum Gasteiger partial charge on any atom is -0.495 e. The molecular weight excluding hydrogens is 341 g/mol. The molecule has 1 N–H and O–H groups in total. The van der Waals surface area contributed by atoms with Crippen LogP contribution in [-0.4, -0.2) is 7.11 Å². The summed E-state index contributed by atoms with van der Waals surface area (Å²) in [6.07, 6.45) is 5.65. The fourth-order valence-electron chi connectivity index (χ4n) is 4.10. The largest absolute Gasteiger partial charge is 0.495 e. The van der Waals surface area contributed by atoms with Gasteiger partial charge in [-0.3, -0.25) is 0 Å². The van der Waals surface area contributed by atoms with E-state index in [-0.39, 0.29) is 6.04 Å². The minimum absolute atomic E-state index is 0.137. The smallest absolute Gasteiger partial charge is 0.142 e. The van der Waals surface area contributed by atoms with Crippen molar-refractivity contribution < 1.29 is 4.74 Å². The number of anilines is 1. The average Bonchev–Trinajstić information content (AvgIpc) is 3.04. The van der Waals surface area contributed by atoms with Crippen molar-refractivity contribution in [1.82, 2.24) is 0 Å². The van der Waals surface area contributed by atoms with E-state index in [0.717, 1.165) is 23.4 Å². The molecule has 0 amide bonds. The summed E-state index contributed by atoms with van der Waals surface area (Å²) in [6, 6.07) is 10.1. The minimum atomic E-state index is 0.137. The monoisotopic (exact) mass is 359 g/mol. The summed E-state index contributed by atoms with van der Waals surface area (Å²) in [5.74, 6) is 1.71. The molecule has 0 spiro atoms. The number of rotatable bonds is 2. The van der Waals surface area contributed by atoms with Crippen molar-refractivity contribution >= 4 is 28.9 Å². The lowest BCUT2D eigenvalue weighted by atomic mass is 9.75. The van der Waals surface area contributed by atoms with Crippen LogP contribution in [0.5, 0.6) is 5.75 Å². The molecule has 4 heteroatoms. The van der Waals surface area contributed by atoms with Crippen molar-refractivity contribution in [2.24, 2.45) is 5.92 Å². The van der Waals surface area contributed by atoms with E-state index < -0.39 is 0 Å². The zero-order valence-electron chi connectivity index (χ0n) is 13.6. The predicted octanol–water partition coefficient (Wildman–Crippen LogP) is 6.14. The van der Waals surface area contributed by atoms with Gasteiger partial charge in [0.25, 0.3) is 0 Å². The normalized spacial score (nSPS) is 24.2. The standard InChI is InChI=1S/C20H19Cl2NO/c1-11-6-9-17(24-2)20-18(11)13-4-3-5-14(13)19(23-20)15-8-7-12(21)10-16(15)22/h3-4,6-10,13-14,19,23H,5H2,1-2H3/t13-,14-,19+/m0/s1. The van der Waals surface area contributed by atoms with Gasteiger partial charge in [-0.2, -0.15) is 0 Å². The summed E-state index contributed by atoms with van der Waals surface area (Å²) >= 11 is 12.6. The summed E-state index contributed by atoms with van der Waals surface area (Å²) in [7, 11) is 1.72. The number of methoxy groups -OCH3 is 1. The van der Waals surface area contributed by atoms with Gasteiger partial charge in [0.2, 0.25) is 0 Å². The third-order valence-electron chi connectivity index (χ3n) is 5.22. The zero-order valence-corrected chi connectivity index (χ0v) is 15.2.